The molecule has 0 bridgehead atoms. The van der Waals surface area contributed by atoms with Crippen LogP contribution in [0, 0.1) is 0 Å². The van der Waals surface area contributed by atoms with Gasteiger partial charge in [-0.25, -0.2) is 8.42 Å². The molecule has 0 heterocycles. The van der Waals surface area contributed by atoms with Gasteiger partial charge in [-0.3, -0.25) is 13.9 Å². The van der Waals surface area contributed by atoms with Crippen LogP contribution in [0.5, 0.6) is 0 Å². The number of nitrogens with one attached hydrogen (secondary N) is 1. The molecule has 0 radical (unpaired) electrons. The molecule has 0 aliphatic rings. The number of hydrogen-bond donors (Lipinski definition) is 1. The lowest BCUT2D eigenvalue weighted by Gasteiger charge is -2.21. The van der Waals surface area contributed by atoms with Crippen LogP contribution >= 0.6 is 11.6 Å². The fourth-order valence-corrected chi connectivity index (χ4v) is 2.61. The van der Waals surface area contributed by atoms with Gasteiger partial charge < -0.3 is 10.1 Å². The number of benzene rings is 1. The summed E-state index contributed by atoms with van der Waals surface area (Å²) in [7, 11) is -3.87. The Morgan fingerprint density at radius 2 is 1.96 bits per heavy atom. The van der Waals surface area contributed by atoms with Crippen molar-refractivity contribution in [3.63, 3.8) is 0 Å². The molecule has 140 valence electrons. The zero-order valence-electron chi connectivity index (χ0n) is 12.8. The van der Waals surface area contributed by atoms with E-state index in [1.807, 2.05) is 0 Å². The highest BCUT2D eigenvalue weighted by Crippen LogP contribution is 2.21. The number of esters is 1. The van der Waals surface area contributed by atoms with Gasteiger partial charge in [-0.1, -0.05) is 17.7 Å². The van der Waals surface area contributed by atoms with E-state index in [0.717, 1.165) is 6.26 Å². The topological polar surface area (TPSA) is 92.8 Å². The molecule has 0 saturated heterocycles. The number of amides is 1. The predicted octanol–water partition coefficient (Wildman–Crippen LogP) is 1.33. The lowest BCUT2D eigenvalue weighted by molar-refractivity contribution is -0.150. The number of carbonyl (C=O) groups is 2. The number of anilines is 1. The molecule has 7 nitrogen and oxygen atoms in total. The molecule has 1 N–H and O–H groups in total. The maximum absolute atomic E-state index is 11.9. The van der Waals surface area contributed by atoms with Crippen molar-refractivity contribution in [2.75, 3.05) is 30.3 Å². The lowest BCUT2D eigenvalue weighted by Crippen LogP contribution is -2.39. The summed E-state index contributed by atoms with van der Waals surface area (Å²) in [6, 6.07) is 5.64. The largest absolute Gasteiger partial charge is 0.454 e. The Morgan fingerprint density at radius 1 is 1.32 bits per heavy atom. The van der Waals surface area contributed by atoms with Crippen LogP contribution < -0.4 is 9.62 Å². The van der Waals surface area contributed by atoms with Gasteiger partial charge in [0.1, 0.15) is 13.1 Å². The fraction of sp³-hybridized carbons (Fsp3) is 0.385. The van der Waals surface area contributed by atoms with E-state index in [4.69, 9.17) is 11.6 Å². The molecule has 0 spiro atoms. The van der Waals surface area contributed by atoms with Gasteiger partial charge >= 0.3 is 12.1 Å². The summed E-state index contributed by atoms with van der Waals surface area (Å²) in [5.74, 6) is -2.29. The van der Waals surface area contributed by atoms with Gasteiger partial charge in [0.15, 0.2) is 6.61 Å². The van der Waals surface area contributed by atoms with E-state index in [1.165, 1.54) is 29.6 Å². The smallest absolute Gasteiger partial charge is 0.405 e. The van der Waals surface area contributed by atoms with E-state index in [9.17, 15) is 31.2 Å². The highest BCUT2D eigenvalue weighted by atomic mass is 35.5. The number of nitrogens with zero attached hydrogens (tertiary/aromatic N) is 1. The van der Waals surface area contributed by atoms with E-state index >= 15 is 0 Å². The molecule has 0 atom stereocenters. The molecule has 0 fully saturated rings. The molecule has 1 aromatic rings. The minimum absolute atomic E-state index is 0.0912. The molecule has 0 aromatic heterocycles. The number of alkyl halides is 3. The van der Waals surface area contributed by atoms with E-state index < -0.39 is 47.8 Å². The van der Waals surface area contributed by atoms with Gasteiger partial charge in [-0.05, 0) is 18.2 Å². The molecule has 1 amide bonds. The second-order valence-electron chi connectivity index (χ2n) is 4.80. The first-order chi connectivity index (χ1) is 11.4. The molecule has 0 aliphatic carbocycles. The Hall–Kier alpha value is -2.01. The maximum Gasteiger partial charge on any atom is 0.405 e. The first-order valence-electron chi connectivity index (χ1n) is 6.61. The van der Waals surface area contributed by atoms with Gasteiger partial charge in [0.25, 0.3) is 5.91 Å². The molecule has 12 heteroatoms. The Bertz CT molecular complexity index is 739. The van der Waals surface area contributed by atoms with Crippen LogP contribution in [0.25, 0.3) is 0 Å². The Morgan fingerprint density at radius 3 is 2.48 bits per heavy atom. The predicted molar refractivity (Wildman–Crippen MR) is 83.7 cm³/mol. The summed E-state index contributed by atoms with van der Waals surface area (Å²) in [6.45, 7) is -3.31. The van der Waals surface area contributed by atoms with Gasteiger partial charge in [0.2, 0.25) is 10.0 Å². The van der Waals surface area contributed by atoms with Crippen molar-refractivity contribution in [1.29, 1.82) is 0 Å². The molecule has 1 rings (SSSR count). The van der Waals surface area contributed by atoms with E-state index in [1.54, 1.807) is 0 Å². The zero-order valence-corrected chi connectivity index (χ0v) is 14.4. The standard InChI is InChI=1S/C13H14ClF3N2O5S/c1-25(22,23)19(10-4-2-3-9(14)5-10)6-12(21)24-7-11(20)18-8-13(15,16)17/h2-5H,6-8H2,1H3,(H,18,20). The third-order valence-corrected chi connectivity index (χ3v) is 4.00. The van der Waals surface area contributed by atoms with Crippen molar-refractivity contribution in [3.8, 4) is 0 Å². The Balaban J connectivity index is 2.67. The maximum atomic E-state index is 11.9. The van der Waals surface area contributed by atoms with Gasteiger partial charge in [0, 0.05) is 5.02 Å². The highest BCUT2D eigenvalue weighted by Gasteiger charge is 2.28. The Labute approximate surface area is 146 Å². The third-order valence-electron chi connectivity index (χ3n) is 2.62. The molecular weight excluding hydrogens is 389 g/mol. The summed E-state index contributed by atoms with van der Waals surface area (Å²) in [4.78, 5) is 22.9. The SMILES string of the molecule is CS(=O)(=O)N(CC(=O)OCC(=O)NCC(F)(F)F)c1cccc(Cl)c1. The number of sulfonamides is 1. The normalized spacial score (nSPS) is 11.7. The van der Waals surface area contributed by atoms with Crippen LogP contribution in [0.15, 0.2) is 24.3 Å². The van der Waals surface area contributed by atoms with Crippen molar-refractivity contribution >= 4 is 39.2 Å². The van der Waals surface area contributed by atoms with Gasteiger partial charge in [-0.2, -0.15) is 13.2 Å². The summed E-state index contributed by atoms with van der Waals surface area (Å²) in [5, 5.41) is 1.74. The minimum Gasteiger partial charge on any atom is -0.454 e. The monoisotopic (exact) mass is 402 g/mol. The second kappa shape index (κ2) is 8.39. The summed E-state index contributed by atoms with van der Waals surface area (Å²) in [5.41, 5.74) is 0.0912. The third kappa shape index (κ3) is 8.07. The van der Waals surface area contributed by atoms with Crippen molar-refractivity contribution in [1.82, 2.24) is 5.32 Å². The first-order valence-corrected chi connectivity index (χ1v) is 8.83. The zero-order chi connectivity index (χ0) is 19.3. The van der Waals surface area contributed by atoms with Crippen molar-refractivity contribution < 1.29 is 35.9 Å². The van der Waals surface area contributed by atoms with Crippen molar-refractivity contribution in [2.24, 2.45) is 0 Å². The number of hydrogen-bond acceptors (Lipinski definition) is 5. The van der Waals surface area contributed by atoms with Crippen LogP contribution in [0.2, 0.25) is 5.02 Å². The van der Waals surface area contributed by atoms with E-state index in [2.05, 4.69) is 4.74 Å². The quantitative estimate of drug-likeness (QED) is 0.694. The van der Waals surface area contributed by atoms with Crippen molar-refractivity contribution in [2.45, 2.75) is 6.18 Å². The first kappa shape index (κ1) is 21.0. The fourth-order valence-electron chi connectivity index (χ4n) is 1.59. The second-order valence-corrected chi connectivity index (χ2v) is 7.15. The average Bonchev–Trinajstić information content (AvgIpc) is 2.46. The lowest BCUT2D eigenvalue weighted by atomic mass is 10.3. The number of carbonyl (C=O) groups excluding carboxylic acids is 2. The molecular formula is C13H14ClF3N2O5S. The van der Waals surface area contributed by atoms with Crippen LogP contribution in [-0.2, 0) is 24.3 Å². The number of rotatable bonds is 7. The minimum atomic E-state index is -4.60. The van der Waals surface area contributed by atoms with Crippen molar-refractivity contribution in [3.05, 3.63) is 29.3 Å². The van der Waals surface area contributed by atoms with Crippen LogP contribution in [-0.4, -0.2) is 52.4 Å². The number of ether oxygens (including phenoxy) is 1. The molecule has 0 unspecified atom stereocenters. The van der Waals surface area contributed by atoms with Crippen LogP contribution in [0.4, 0.5) is 18.9 Å². The number of halogens is 4. The molecule has 0 saturated carbocycles. The van der Waals surface area contributed by atoms with E-state index in [-0.39, 0.29) is 10.7 Å². The van der Waals surface area contributed by atoms with Crippen LogP contribution in [0.1, 0.15) is 0 Å². The molecule has 25 heavy (non-hydrogen) atoms. The van der Waals surface area contributed by atoms with E-state index in [0.29, 0.717) is 4.31 Å². The highest BCUT2D eigenvalue weighted by molar-refractivity contribution is 7.92. The van der Waals surface area contributed by atoms with Gasteiger partial charge in [0.05, 0.1) is 11.9 Å². The average molecular weight is 403 g/mol. The van der Waals surface area contributed by atoms with Crippen LogP contribution in [0.3, 0.4) is 0 Å². The summed E-state index contributed by atoms with van der Waals surface area (Å²) in [6.07, 6.45) is -3.75. The van der Waals surface area contributed by atoms with Gasteiger partial charge in [-0.15, -0.1) is 0 Å². The molecule has 1 aromatic carbocycles. The summed E-state index contributed by atoms with van der Waals surface area (Å²) >= 11 is 5.77. The Kier molecular flexibility index (Phi) is 7.06. The summed E-state index contributed by atoms with van der Waals surface area (Å²) < 4.78 is 64.6. The molecule has 0 aliphatic heterocycles.